The first kappa shape index (κ1) is 20.4. The zero-order valence-electron chi connectivity index (χ0n) is 18.0. The number of rotatable bonds is 3. The van der Waals surface area contributed by atoms with E-state index in [2.05, 4.69) is 24.1 Å². The molecule has 0 saturated carbocycles. The number of carbonyl (C=O) groups is 1. The van der Waals surface area contributed by atoms with Gasteiger partial charge in [-0.2, -0.15) is 0 Å². The third-order valence-corrected chi connectivity index (χ3v) is 7.25. The highest BCUT2D eigenvalue weighted by Gasteiger charge is 2.42. The summed E-state index contributed by atoms with van der Waals surface area (Å²) in [5, 5.41) is 3.12. The van der Waals surface area contributed by atoms with Crippen molar-refractivity contribution < 1.29 is 18.3 Å². The van der Waals surface area contributed by atoms with Gasteiger partial charge in [0.2, 0.25) is 0 Å². The number of ether oxygens (including phenoxy) is 1. The number of carbonyl (C=O) groups excluding carboxylic acids is 1. The van der Waals surface area contributed by atoms with Gasteiger partial charge in [0.05, 0.1) is 6.04 Å². The molecule has 31 heavy (non-hydrogen) atoms. The quantitative estimate of drug-likeness (QED) is 0.745. The number of amides is 1. The second-order valence-corrected chi connectivity index (χ2v) is 9.87. The van der Waals surface area contributed by atoms with Gasteiger partial charge >= 0.3 is 6.09 Å². The number of nitrogens with zero attached hydrogens (tertiary/aromatic N) is 1. The number of hydrogen-bond donors (Lipinski definition) is 1. The molecule has 1 unspecified atom stereocenters. The Morgan fingerprint density at radius 3 is 2.45 bits per heavy atom. The molecule has 6 heteroatoms. The van der Waals surface area contributed by atoms with Gasteiger partial charge < -0.3 is 10.1 Å². The second kappa shape index (κ2) is 7.59. The highest BCUT2D eigenvalue weighted by atomic mass is 19.2. The Kier molecular flexibility index (Phi) is 5.00. The molecule has 3 fully saturated rings. The zero-order chi connectivity index (χ0) is 21.8. The van der Waals surface area contributed by atoms with Crippen LogP contribution in [0.2, 0.25) is 0 Å². The monoisotopic (exact) mass is 426 g/mol. The van der Waals surface area contributed by atoms with Crippen LogP contribution in [-0.4, -0.2) is 36.7 Å². The highest BCUT2D eigenvalue weighted by Crippen LogP contribution is 2.46. The Labute approximate surface area is 181 Å². The molecule has 164 valence electrons. The maximum Gasteiger partial charge on any atom is 0.407 e. The minimum Gasteiger partial charge on any atom is -0.445 e. The molecule has 2 bridgehead atoms. The molecule has 6 rings (SSSR count). The molecule has 3 saturated heterocycles. The summed E-state index contributed by atoms with van der Waals surface area (Å²) in [5.74, 6) is -1.27. The number of fused-ring (bicyclic) bond motifs is 4. The summed E-state index contributed by atoms with van der Waals surface area (Å²) in [6.07, 6.45) is 2.59. The van der Waals surface area contributed by atoms with Gasteiger partial charge in [-0.25, -0.2) is 13.6 Å². The van der Waals surface area contributed by atoms with Crippen LogP contribution in [0.1, 0.15) is 43.9 Å². The normalized spacial score (nSPS) is 28.3. The maximum absolute atomic E-state index is 13.7. The third-order valence-electron chi connectivity index (χ3n) is 7.25. The number of alkyl carbamates (subject to hydrolysis) is 1. The van der Waals surface area contributed by atoms with E-state index in [0.29, 0.717) is 11.5 Å². The van der Waals surface area contributed by atoms with E-state index in [-0.39, 0.29) is 23.7 Å². The van der Waals surface area contributed by atoms with Gasteiger partial charge in [-0.1, -0.05) is 32.0 Å². The third kappa shape index (κ3) is 3.82. The van der Waals surface area contributed by atoms with E-state index in [1.165, 1.54) is 6.07 Å². The fourth-order valence-electron chi connectivity index (χ4n) is 5.50. The Bertz CT molecular complexity index is 1010. The Morgan fingerprint density at radius 1 is 1.06 bits per heavy atom. The molecule has 3 aliphatic heterocycles. The van der Waals surface area contributed by atoms with E-state index in [0.717, 1.165) is 61.7 Å². The summed E-state index contributed by atoms with van der Waals surface area (Å²) < 4.78 is 33.0. The fourth-order valence-corrected chi connectivity index (χ4v) is 5.50. The van der Waals surface area contributed by atoms with Crippen molar-refractivity contribution in [3.63, 3.8) is 0 Å². The summed E-state index contributed by atoms with van der Waals surface area (Å²) in [5.41, 5.74) is 3.40. The molecule has 1 aliphatic carbocycles. The molecule has 1 amide bonds. The Hall–Kier alpha value is -2.47. The average Bonchev–Trinajstić information content (AvgIpc) is 3.00. The van der Waals surface area contributed by atoms with E-state index in [4.69, 9.17) is 4.74 Å². The van der Waals surface area contributed by atoms with E-state index in [9.17, 15) is 13.6 Å². The van der Waals surface area contributed by atoms with Crippen molar-refractivity contribution in [1.82, 2.24) is 10.2 Å². The summed E-state index contributed by atoms with van der Waals surface area (Å²) in [6, 6.07) is 9.65. The van der Waals surface area contributed by atoms with Crippen molar-refractivity contribution in [3.05, 3.63) is 59.2 Å². The lowest BCUT2D eigenvalue weighted by Crippen LogP contribution is -2.53. The van der Waals surface area contributed by atoms with Crippen molar-refractivity contribution in [2.75, 3.05) is 19.6 Å². The molecular weight excluding hydrogens is 398 g/mol. The average molecular weight is 427 g/mol. The molecule has 3 heterocycles. The zero-order valence-corrected chi connectivity index (χ0v) is 18.0. The van der Waals surface area contributed by atoms with Crippen molar-refractivity contribution in [1.29, 1.82) is 0 Å². The SMILES string of the molecule is CC1(C)Cc2ccc(-c3ccc(F)c(F)c3)cc2C1NC(=O)O[C@@H]1CN2CCC1CC2. The summed E-state index contributed by atoms with van der Waals surface area (Å²) >= 11 is 0. The van der Waals surface area contributed by atoms with Gasteiger partial charge in [-0.15, -0.1) is 0 Å². The van der Waals surface area contributed by atoms with Crippen LogP contribution in [0.15, 0.2) is 36.4 Å². The van der Waals surface area contributed by atoms with Crippen LogP contribution in [0.25, 0.3) is 11.1 Å². The first-order chi connectivity index (χ1) is 14.8. The largest absolute Gasteiger partial charge is 0.445 e. The van der Waals surface area contributed by atoms with E-state index < -0.39 is 11.6 Å². The van der Waals surface area contributed by atoms with Crippen LogP contribution in [0.4, 0.5) is 13.6 Å². The lowest BCUT2D eigenvalue weighted by Gasteiger charge is -2.44. The van der Waals surface area contributed by atoms with E-state index in [1.54, 1.807) is 6.07 Å². The number of piperidine rings is 3. The van der Waals surface area contributed by atoms with Crippen LogP contribution in [0, 0.1) is 23.0 Å². The number of benzene rings is 2. The first-order valence-electron chi connectivity index (χ1n) is 11.1. The van der Waals surface area contributed by atoms with Crippen LogP contribution < -0.4 is 5.32 Å². The Morgan fingerprint density at radius 2 is 1.77 bits per heavy atom. The van der Waals surface area contributed by atoms with Crippen LogP contribution in [0.5, 0.6) is 0 Å². The van der Waals surface area contributed by atoms with Gasteiger partial charge in [0.1, 0.15) is 6.10 Å². The number of hydrogen-bond acceptors (Lipinski definition) is 3. The van der Waals surface area contributed by atoms with Gasteiger partial charge in [0.25, 0.3) is 0 Å². The van der Waals surface area contributed by atoms with E-state index in [1.807, 2.05) is 18.2 Å². The van der Waals surface area contributed by atoms with Gasteiger partial charge in [0.15, 0.2) is 11.6 Å². The minimum absolute atomic E-state index is 0.0417. The highest BCUT2D eigenvalue weighted by molar-refractivity contribution is 5.70. The molecule has 4 nitrogen and oxygen atoms in total. The fraction of sp³-hybridized carbons (Fsp3) is 0.480. The van der Waals surface area contributed by atoms with Gasteiger partial charge in [-0.05, 0) is 84.1 Å². The lowest BCUT2D eigenvalue weighted by molar-refractivity contribution is -0.0348. The molecule has 0 aromatic heterocycles. The summed E-state index contributed by atoms with van der Waals surface area (Å²) in [7, 11) is 0. The van der Waals surface area contributed by atoms with Gasteiger partial charge in [-0.3, -0.25) is 4.90 Å². The van der Waals surface area contributed by atoms with E-state index >= 15 is 0 Å². The van der Waals surface area contributed by atoms with Crippen LogP contribution in [-0.2, 0) is 11.2 Å². The predicted octanol–water partition coefficient (Wildman–Crippen LogP) is 5.08. The standard InChI is InChI=1S/C25H28F2N2O2/c1-25(2)13-18-4-3-16(17-5-6-20(26)21(27)12-17)11-19(18)23(25)28-24(30)31-22-14-29-9-7-15(22)8-10-29/h3-6,11-12,15,22-23H,7-10,13-14H2,1-2H3,(H,28,30)/t22-,23?/m1/s1. The molecule has 0 radical (unpaired) electrons. The van der Waals surface area contributed by atoms with Crippen molar-refractivity contribution in [2.24, 2.45) is 11.3 Å². The topological polar surface area (TPSA) is 41.6 Å². The lowest BCUT2D eigenvalue weighted by atomic mass is 9.85. The smallest absolute Gasteiger partial charge is 0.407 e. The number of halogens is 2. The number of nitrogens with one attached hydrogen (secondary N) is 1. The molecule has 4 aliphatic rings. The van der Waals surface area contributed by atoms with Crippen molar-refractivity contribution in [2.45, 2.75) is 45.3 Å². The van der Waals surface area contributed by atoms with Crippen molar-refractivity contribution in [3.8, 4) is 11.1 Å². The summed E-state index contributed by atoms with van der Waals surface area (Å²) in [6.45, 7) is 7.28. The first-order valence-corrected chi connectivity index (χ1v) is 11.1. The second-order valence-electron chi connectivity index (χ2n) is 9.87. The van der Waals surface area contributed by atoms with Gasteiger partial charge in [0, 0.05) is 6.54 Å². The molecule has 1 N–H and O–H groups in total. The molecule has 2 aromatic rings. The molecule has 2 atom stereocenters. The molecule has 0 spiro atoms. The molecular formula is C25H28F2N2O2. The molecule has 2 aromatic carbocycles. The van der Waals surface area contributed by atoms with Crippen molar-refractivity contribution >= 4 is 6.09 Å². The van der Waals surface area contributed by atoms with Crippen LogP contribution in [0.3, 0.4) is 0 Å². The maximum atomic E-state index is 13.7. The Balaban J connectivity index is 1.37. The minimum atomic E-state index is -0.867. The summed E-state index contributed by atoms with van der Waals surface area (Å²) in [4.78, 5) is 15.2. The predicted molar refractivity (Wildman–Crippen MR) is 115 cm³/mol. The van der Waals surface area contributed by atoms with Crippen LogP contribution >= 0.6 is 0 Å².